The lowest BCUT2D eigenvalue weighted by molar-refractivity contribution is -0.123. The maximum absolute atomic E-state index is 12.7. The van der Waals surface area contributed by atoms with Gasteiger partial charge in [-0.1, -0.05) is 29.3 Å². The fraction of sp³-hybridized carbons (Fsp3) is 0.115. The summed E-state index contributed by atoms with van der Waals surface area (Å²) in [6.45, 7) is 1.82. The Kier molecular flexibility index (Phi) is 7.64. The highest BCUT2D eigenvalue weighted by atomic mass is 35.5. The van der Waals surface area contributed by atoms with E-state index in [1.54, 1.807) is 49.6 Å². The molecule has 0 spiro atoms. The first-order chi connectivity index (χ1) is 16.9. The lowest BCUT2D eigenvalue weighted by Crippen LogP contribution is -2.24. The van der Waals surface area contributed by atoms with E-state index in [1.807, 2.05) is 31.2 Å². The van der Waals surface area contributed by atoms with Gasteiger partial charge in [-0.15, -0.1) is 11.3 Å². The molecule has 0 unspecified atom stereocenters. The SMILES string of the molecule is COc1ccc2c(Cl)c(C(=O)Oc3ccc(/C=N/NC(=O)COc4ccc(C)cc4)cc3)sc2c1. The van der Waals surface area contributed by atoms with E-state index in [-0.39, 0.29) is 12.5 Å². The number of methoxy groups -OCH3 is 1. The van der Waals surface area contributed by atoms with Crippen LogP contribution in [0.3, 0.4) is 0 Å². The molecule has 0 radical (unpaired) electrons. The van der Waals surface area contributed by atoms with Gasteiger partial charge in [0.1, 0.15) is 22.1 Å². The van der Waals surface area contributed by atoms with Gasteiger partial charge in [0.25, 0.3) is 5.91 Å². The second-order valence-electron chi connectivity index (χ2n) is 7.46. The van der Waals surface area contributed by atoms with Gasteiger partial charge in [-0.25, -0.2) is 10.2 Å². The summed E-state index contributed by atoms with van der Waals surface area (Å²) in [5, 5.41) is 5.03. The molecule has 0 aliphatic carbocycles. The Labute approximate surface area is 210 Å². The topological polar surface area (TPSA) is 86.2 Å². The highest BCUT2D eigenvalue weighted by molar-refractivity contribution is 7.21. The quantitative estimate of drug-likeness (QED) is 0.144. The molecule has 1 aromatic heterocycles. The van der Waals surface area contributed by atoms with E-state index < -0.39 is 5.97 Å². The van der Waals surface area contributed by atoms with Crippen LogP contribution >= 0.6 is 22.9 Å². The number of halogens is 1. The number of benzene rings is 3. The van der Waals surface area contributed by atoms with Crippen LogP contribution in [0.5, 0.6) is 17.2 Å². The predicted molar refractivity (Wildman–Crippen MR) is 137 cm³/mol. The predicted octanol–water partition coefficient (Wildman–Crippen LogP) is 5.62. The van der Waals surface area contributed by atoms with E-state index in [4.69, 9.17) is 25.8 Å². The molecule has 35 heavy (non-hydrogen) atoms. The molecule has 0 fully saturated rings. The number of carbonyl (C=O) groups excluding carboxylic acids is 2. The number of aryl methyl sites for hydroxylation is 1. The van der Waals surface area contributed by atoms with Crippen LogP contribution < -0.4 is 19.6 Å². The minimum atomic E-state index is -0.544. The average molecular weight is 509 g/mol. The number of nitrogens with one attached hydrogen (secondary N) is 1. The molecule has 0 bridgehead atoms. The van der Waals surface area contributed by atoms with E-state index in [0.717, 1.165) is 15.6 Å². The molecule has 4 aromatic rings. The first-order valence-electron chi connectivity index (χ1n) is 10.5. The van der Waals surface area contributed by atoms with Crippen molar-refractivity contribution >= 4 is 51.1 Å². The lowest BCUT2D eigenvalue weighted by atomic mass is 10.2. The first kappa shape index (κ1) is 24.3. The number of thiophene rings is 1. The summed E-state index contributed by atoms with van der Waals surface area (Å²) < 4.78 is 16.9. The van der Waals surface area contributed by atoms with Crippen LogP contribution in [0.1, 0.15) is 20.8 Å². The van der Waals surface area contributed by atoms with Gasteiger partial charge in [0.15, 0.2) is 6.61 Å². The fourth-order valence-corrected chi connectivity index (χ4v) is 4.49. The Morgan fingerprint density at radius 3 is 2.40 bits per heavy atom. The van der Waals surface area contributed by atoms with E-state index in [1.165, 1.54) is 17.6 Å². The molecule has 9 heteroatoms. The van der Waals surface area contributed by atoms with Crippen molar-refractivity contribution in [1.82, 2.24) is 5.43 Å². The lowest BCUT2D eigenvalue weighted by Gasteiger charge is -2.05. The molecular weight excluding hydrogens is 488 g/mol. The number of carbonyl (C=O) groups is 2. The number of hydrazone groups is 1. The number of hydrogen-bond acceptors (Lipinski definition) is 7. The number of rotatable bonds is 8. The zero-order chi connectivity index (χ0) is 24.8. The number of esters is 1. The molecular formula is C26H21ClN2O5S. The third kappa shape index (κ3) is 6.17. The number of fused-ring (bicyclic) bond motifs is 1. The maximum atomic E-state index is 12.7. The second kappa shape index (κ2) is 11.0. The molecule has 0 saturated carbocycles. The molecule has 0 aliphatic rings. The van der Waals surface area contributed by atoms with Gasteiger partial charge in [0.2, 0.25) is 0 Å². The zero-order valence-corrected chi connectivity index (χ0v) is 20.5. The Balaban J connectivity index is 1.30. The van der Waals surface area contributed by atoms with Crippen molar-refractivity contribution in [2.75, 3.05) is 13.7 Å². The molecule has 1 N–H and O–H groups in total. The summed E-state index contributed by atoms with van der Waals surface area (Å²) in [6.07, 6.45) is 1.48. The van der Waals surface area contributed by atoms with Gasteiger partial charge in [0, 0.05) is 10.1 Å². The Morgan fingerprint density at radius 2 is 1.69 bits per heavy atom. The molecule has 0 atom stereocenters. The first-order valence-corrected chi connectivity index (χ1v) is 11.7. The highest BCUT2D eigenvalue weighted by Crippen LogP contribution is 2.37. The monoisotopic (exact) mass is 508 g/mol. The molecule has 7 nitrogen and oxygen atoms in total. The summed E-state index contributed by atoms with van der Waals surface area (Å²) in [5.41, 5.74) is 4.22. The van der Waals surface area contributed by atoms with Crippen LogP contribution in [0.25, 0.3) is 10.1 Å². The van der Waals surface area contributed by atoms with E-state index in [9.17, 15) is 9.59 Å². The molecule has 3 aromatic carbocycles. The Bertz CT molecular complexity index is 1380. The average Bonchev–Trinajstić information content (AvgIpc) is 3.20. The van der Waals surface area contributed by atoms with Gasteiger partial charge >= 0.3 is 5.97 Å². The number of nitrogens with zero attached hydrogens (tertiary/aromatic N) is 1. The Morgan fingerprint density at radius 1 is 1.00 bits per heavy atom. The van der Waals surface area contributed by atoms with E-state index >= 15 is 0 Å². The molecule has 0 aliphatic heterocycles. The van der Waals surface area contributed by atoms with Crippen molar-refractivity contribution in [1.29, 1.82) is 0 Å². The fourth-order valence-electron chi connectivity index (χ4n) is 3.07. The maximum Gasteiger partial charge on any atom is 0.355 e. The van der Waals surface area contributed by atoms with Crippen molar-refractivity contribution in [3.8, 4) is 17.2 Å². The van der Waals surface area contributed by atoms with Crippen LogP contribution in [-0.4, -0.2) is 31.8 Å². The molecule has 1 heterocycles. The van der Waals surface area contributed by atoms with Gasteiger partial charge in [0.05, 0.1) is 18.3 Å². The highest BCUT2D eigenvalue weighted by Gasteiger charge is 2.19. The number of ether oxygens (including phenoxy) is 3. The standard InChI is InChI=1S/C26H21ClN2O5S/c1-16-3-7-18(8-4-16)33-15-23(30)29-28-14-17-5-9-19(10-6-17)34-26(31)25-24(27)21-12-11-20(32-2)13-22(21)35-25/h3-14H,15H2,1-2H3,(H,29,30)/b28-14+. The van der Waals surface area contributed by atoms with Crippen LogP contribution in [0, 0.1) is 6.92 Å². The largest absolute Gasteiger partial charge is 0.497 e. The van der Waals surface area contributed by atoms with Gasteiger partial charge in [-0.2, -0.15) is 5.10 Å². The third-order valence-corrected chi connectivity index (χ3v) is 6.54. The minimum Gasteiger partial charge on any atom is -0.497 e. The van der Waals surface area contributed by atoms with Gasteiger partial charge < -0.3 is 14.2 Å². The molecule has 0 saturated heterocycles. The van der Waals surface area contributed by atoms with Crippen molar-refractivity contribution in [2.24, 2.45) is 5.10 Å². The summed E-state index contributed by atoms with van der Waals surface area (Å²) in [7, 11) is 1.58. The van der Waals surface area contributed by atoms with Crippen molar-refractivity contribution in [3.63, 3.8) is 0 Å². The summed E-state index contributed by atoms with van der Waals surface area (Å²) in [4.78, 5) is 24.9. The van der Waals surface area contributed by atoms with Crippen LogP contribution in [0.15, 0.2) is 71.8 Å². The van der Waals surface area contributed by atoms with Gasteiger partial charge in [-0.05, 0) is 67.1 Å². The summed E-state index contributed by atoms with van der Waals surface area (Å²) in [6, 6.07) is 19.5. The minimum absolute atomic E-state index is 0.150. The third-order valence-electron chi connectivity index (χ3n) is 4.91. The van der Waals surface area contributed by atoms with Crippen LogP contribution in [0.2, 0.25) is 5.02 Å². The van der Waals surface area contributed by atoms with Crippen LogP contribution in [-0.2, 0) is 4.79 Å². The molecule has 4 rings (SSSR count). The summed E-state index contributed by atoms with van der Waals surface area (Å²) in [5.74, 6) is 0.718. The van der Waals surface area contributed by atoms with E-state index in [2.05, 4.69) is 10.5 Å². The van der Waals surface area contributed by atoms with Crippen LogP contribution in [0.4, 0.5) is 0 Å². The second-order valence-corrected chi connectivity index (χ2v) is 8.89. The smallest absolute Gasteiger partial charge is 0.355 e. The number of hydrogen-bond donors (Lipinski definition) is 1. The number of amides is 1. The van der Waals surface area contributed by atoms with Crippen molar-refractivity contribution < 1.29 is 23.8 Å². The van der Waals surface area contributed by atoms with Crippen molar-refractivity contribution in [3.05, 3.63) is 87.8 Å². The van der Waals surface area contributed by atoms with Crippen molar-refractivity contribution in [2.45, 2.75) is 6.92 Å². The van der Waals surface area contributed by atoms with Gasteiger partial charge in [-0.3, -0.25) is 4.79 Å². The normalized spacial score (nSPS) is 10.9. The van der Waals surface area contributed by atoms with E-state index in [0.29, 0.717) is 32.7 Å². The molecule has 1 amide bonds. The zero-order valence-electron chi connectivity index (χ0n) is 18.9. The Hall–Kier alpha value is -3.88. The molecule has 178 valence electrons. The summed E-state index contributed by atoms with van der Waals surface area (Å²) >= 11 is 7.64.